The van der Waals surface area contributed by atoms with Crippen LogP contribution in [0.3, 0.4) is 0 Å². The van der Waals surface area contributed by atoms with Crippen LogP contribution >= 0.6 is 7.44 Å². The second-order valence-electron chi connectivity index (χ2n) is 1.92. The summed E-state index contributed by atoms with van der Waals surface area (Å²) in [5.41, 5.74) is 0. The van der Waals surface area contributed by atoms with E-state index in [0.717, 1.165) is 19.5 Å². The second kappa shape index (κ2) is 6.04. The molecular formula is C4H9N2OPRe2-2. The van der Waals surface area contributed by atoms with Crippen molar-refractivity contribution in [3.05, 3.63) is 10.2 Å². The molecular weight excluding hydrogens is 495 g/mol. The van der Waals surface area contributed by atoms with Crippen molar-refractivity contribution >= 4 is 7.44 Å². The van der Waals surface area contributed by atoms with E-state index < -0.39 is 7.44 Å². The van der Waals surface area contributed by atoms with E-state index in [0.29, 0.717) is 0 Å². The molecule has 0 N–H and O–H groups in total. The van der Waals surface area contributed by atoms with Crippen LogP contribution in [0.15, 0.2) is 0 Å². The van der Waals surface area contributed by atoms with Crippen molar-refractivity contribution in [2.45, 2.75) is 6.42 Å². The van der Waals surface area contributed by atoms with E-state index >= 15 is 0 Å². The van der Waals surface area contributed by atoms with Gasteiger partial charge in [-0.1, -0.05) is 6.42 Å². The Morgan fingerprint density at radius 3 is 1.80 bits per heavy atom. The average Bonchev–Trinajstić information content (AvgIpc) is 1.65. The van der Waals surface area contributed by atoms with Crippen molar-refractivity contribution in [2.24, 2.45) is 0 Å². The van der Waals surface area contributed by atoms with Gasteiger partial charge in [0.15, 0.2) is 0 Å². The number of hydrogen-bond acceptors (Lipinski definition) is 1. The number of nitrogens with zero attached hydrogens (tertiary/aromatic N) is 2. The van der Waals surface area contributed by atoms with Gasteiger partial charge in [-0.2, -0.15) is 0 Å². The predicted octanol–water partition coefficient (Wildman–Crippen LogP) is 1.96. The van der Waals surface area contributed by atoms with Crippen LogP contribution in [0.5, 0.6) is 0 Å². The first kappa shape index (κ1) is 14.0. The molecule has 1 aliphatic rings. The molecule has 0 saturated carbocycles. The second-order valence-corrected chi connectivity index (χ2v) is 4.16. The Hall–Kier alpha value is 1.47. The zero-order valence-electron chi connectivity index (χ0n) is 5.63. The van der Waals surface area contributed by atoms with Crippen LogP contribution in [-0.4, -0.2) is 19.8 Å². The minimum atomic E-state index is -2.34. The van der Waals surface area contributed by atoms with Crippen LogP contribution in [0.2, 0.25) is 0 Å². The summed E-state index contributed by atoms with van der Waals surface area (Å²) in [6, 6.07) is 0. The Bertz CT molecular complexity index is 122. The minimum absolute atomic E-state index is 0. The van der Waals surface area contributed by atoms with Crippen molar-refractivity contribution < 1.29 is 45.4 Å². The molecule has 1 rings (SSSR count). The van der Waals surface area contributed by atoms with Gasteiger partial charge in [-0.3, -0.25) is 0 Å². The molecule has 0 bridgehead atoms. The molecule has 0 aromatic heterocycles. The molecule has 0 aliphatic carbocycles. The van der Waals surface area contributed by atoms with Gasteiger partial charge in [-0.05, 0) is 6.66 Å². The van der Waals surface area contributed by atoms with Crippen molar-refractivity contribution in [3.63, 3.8) is 0 Å². The summed E-state index contributed by atoms with van der Waals surface area (Å²) in [4.78, 5) is 0. The van der Waals surface area contributed by atoms with E-state index in [2.05, 4.69) is 10.2 Å². The van der Waals surface area contributed by atoms with Crippen molar-refractivity contribution in [1.82, 2.24) is 0 Å². The fraction of sp³-hybridized carbons (Fsp3) is 1.00. The van der Waals surface area contributed by atoms with Gasteiger partial charge in [-0.25, -0.2) is 0 Å². The molecule has 1 fully saturated rings. The van der Waals surface area contributed by atoms with E-state index in [1.165, 1.54) is 0 Å². The largest absolute Gasteiger partial charge is 0.620 e. The maximum absolute atomic E-state index is 10.9. The zero-order valence-corrected chi connectivity index (χ0v) is 12.0. The molecule has 2 radical (unpaired) electrons. The maximum Gasteiger partial charge on any atom is 0 e. The molecule has 6 heteroatoms. The summed E-state index contributed by atoms with van der Waals surface area (Å²) in [5.74, 6) is 0. The summed E-state index contributed by atoms with van der Waals surface area (Å²) in [7, 11) is -2.34. The molecule has 1 saturated heterocycles. The van der Waals surface area contributed by atoms with Gasteiger partial charge in [-0.15, -0.1) is 20.5 Å². The van der Waals surface area contributed by atoms with E-state index in [-0.39, 0.29) is 40.8 Å². The van der Waals surface area contributed by atoms with Gasteiger partial charge in [0.2, 0.25) is 0 Å². The molecule has 0 aromatic rings. The Labute approximate surface area is 88.9 Å². The SMILES string of the molecule is CP1(=O)[N-]CCC[N-]1.[Re].[Re]. The van der Waals surface area contributed by atoms with E-state index in [1.807, 2.05) is 0 Å². The Morgan fingerprint density at radius 1 is 1.20 bits per heavy atom. The normalized spacial score (nSPS) is 22.1. The zero-order chi connectivity index (χ0) is 6.04. The quantitative estimate of drug-likeness (QED) is 0.466. The number of hydrogen-bond donors (Lipinski definition) is 0. The third-order valence-electron chi connectivity index (χ3n) is 1.04. The van der Waals surface area contributed by atoms with Gasteiger partial charge in [0.25, 0.3) is 0 Å². The third-order valence-corrected chi connectivity index (χ3v) is 2.49. The molecule has 0 unspecified atom stereocenters. The Kier molecular flexibility index (Phi) is 8.47. The van der Waals surface area contributed by atoms with Crippen LogP contribution in [-0.2, 0) is 45.4 Å². The molecule has 0 amide bonds. The summed E-state index contributed by atoms with van der Waals surface area (Å²) in [5, 5.41) is 7.70. The summed E-state index contributed by atoms with van der Waals surface area (Å²) in [6.45, 7) is 3.07. The fourth-order valence-corrected chi connectivity index (χ4v) is 1.74. The average molecular weight is 505 g/mol. The molecule has 1 heterocycles. The van der Waals surface area contributed by atoms with Crippen molar-refractivity contribution in [3.8, 4) is 0 Å². The van der Waals surface area contributed by atoms with E-state index in [4.69, 9.17) is 0 Å². The maximum atomic E-state index is 10.9. The number of rotatable bonds is 0. The molecule has 10 heavy (non-hydrogen) atoms. The first-order valence-electron chi connectivity index (χ1n) is 2.66. The summed E-state index contributed by atoms with van der Waals surface area (Å²) >= 11 is 0. The van der Waals surface area contributed by atoms with Gasteiger partial charge in [0.05, 0.1) is 0 Å². The van der Waals surface area contributed by atoms with Gasteiger partial charge < -0.3 is 14.7 Å². The molecule has 0 atom stereocenters. The topological polar surface area (TPSA) is 45.3 Å². The first-order chi connectivity index (χ1) is 3.71. The van der Waals surface area contributed by atoms with E-state index in [1.54, 1.807) is 6.66 Å². The summed E-state index contributed by atoms with van der Waals surface area (Å²) in [6.07, 6.45) is 0.970. The van der Waals surface area contributed by atoms with Crippen LogP contribution in [0.1, 0.15) is 6.42 Å². The predicted molar refractivity (Wildman–Crippen MR) is 34.6 cm³/mol. The summed E-state index contributed by atoms with van der Waals surface area (Å²) < 4.78 is 10.9. The van der Waals surface area contributed by atoms with Crippen molar-refractivity contribution in [2.75, 3.05) is 19.8 Å². The van der Waals surface area contributed by atoms with Crippen LogP contribution in [0, 0.1) is 0 Å². The molecule has 3 nitrogen and oxygen atoms in total. The van der Waals surface area contributed by atoms with Gasteiger partial charge in [0, 0.05) is 40.8 Å². The monoisotopic (exact) mass is 506 g/mol. The smallest absolute Gasteiger partial charge is 0 e. The minimum Gasteiger partial charge on any atom is -0.620 e. The van der Waals surface area contributed by atoms with Crippen LogP contribution < -0.4 is 0 Å². The fourth-order valence-electron chi connectivity index (χ4n) is 0.628. The van der Waals surface area contributed by atoms with E-state index in [9.17, 15) is 4.57 Å². The van der Waals surface area contributed by atoms with Gasteiger partial charge in [0.1, 0.15) is 0 Å². The Morgan fingerprint density at radius 2 is 1.60 bits per heavy atom. The first-order valence-corrected chi connectivity index (χ1v) is 4.72. The third kappa shape index (κ3) is 5.17. The molecule has 0 spiro atoms. The van der Waals surface area contributed by atoms with Gasteiger partial charge >= 0.3 is 0 Å². The standard InChI is InChI=1S/C4H9N2OP.2Re/c1-8(7)5-3-2-4-6-8;;/h2-4H2,1H3;;/q-2;;. The van der Waals surface area contributed by atoms with Crippen LogP contribution in [0.4, 0.5) is 0 Å². The molecule has 1 aliphatic heterocycles. The van der Waals surface area contributed by atoms with Crippen LogP contribution in [0.25, 0.3) is 10.2 Å². The Balaban J connectivity index is 0. The molecule has 62 valence electrons. The molecule has 0 aromatic carbocycles. The van der Waals surface area contributed by atoms with Crippen molar-refractivity contribution in [1.29, 1.82) is 0 Å².